The van der Waals surface area contributed by atoms with E-state index >= 15 is 0 Å². The molecule has 4 heterocycles. The molecule has 0 atom stereocenters. The molecule has 1 aromatic carbocycles. The fourth-order valence-electron chi connectivity index (χ4n) is 3.65. The Balaban J connectivity index is 1.33. The van der Waals surface area contributed by atoms with Gasteiger partial charge in [-0.3, -0.25) is 4.79 Å². The van der Waals surface area contributed by atoms with Gasteiger partial charge in [-0.25, -0.2) is 4.98 Å². The molecule has 0 bridgehead atoms. The van der Waals surface area contributed by atoms with Crippen molar-refractivity contribution in [2.45, 2.75) is 19.8 Å². The van der Waals surface area contributed by atoms with E-state index in [9.17, 15) is 4.79 Å². The largest absolute Gasteiger partial charge is 0.355 e. The predicted molar refractivity (Wildman–Crippen MR) is 127 cm³/mol. The van der Waals surface area contributed by atoms with Crippen LogP contribution in [0.15, 0.2) is 53.9 Å². The SMILES string of the molecule is Cc1nc(-c2cccs2)sc1C(=O)Nc1cccc(-c2ccc(N3CCCC3)nn2)c1. The zero-order valence-corrected chi connectivity index (χ0v) is 18.7. The van der Waals surface area contributed by atoms with Crippen LogP contribution in [0.5, 0.6) is 0 Å². The first kappa shape index (κ1) is 19.8. The topological polar surface area (TPSA) is 71.0 Å². The van der Waals surface area contributed by atoms with Gasteiger partial charge in [-0.2, -0.15) is 0 Å². The minimum absolute atomic E-state index is 0.148. The van der Waals surface area contributed by atoms with E-state index in [1.54, 1.807) is 11.3 Å². The standard InChI is InChI=1S/C23H21N5OS2/c1-15-21(31-23(24-15)19-8-5-13-30-19)22(29)25-17-7-4-6-16(14-17)18-9-10-20(27-26-18)28-11-2-3-12-28/h4-10,13-14H,2-3,11-12H2,1H3,(H,25,29). The van der Waals surface area contributed by atoms with E-state index in [4.69, 9.17) is 0 Å². The highest BCUT2D eigenvalue weighted by molar-refractivity contribution is 7.22. The lowest BCUT2D eigenvalue weighted by Gasteiger charge is -2.15. The van der Waals surface area contributed by atoms with Crippen LogP contribution < -0.4 is 10.2 Å². The van der Waals surface area contributed by atoms with Gasteiger partial charge in [-0.15, -0.1) is 32.9 Å². The number of amides is 1. The second-order valence-electron chi connectivity index (χ2n) is 7.42. The summed E-state index contributed by atoms with van der Waals surface area (Å²) in [5.41, 5.74) is 3.16. The van der Waals surface area contributed by atoms with E-state index in [0.29, 0.717) is 4.88 Å². The molecule has 8 heteroatoms. The normalized spacial score (nSPS) is 13.5. The summed E-state index contributed by atoms with van der Waals surface area (Å²) in [5, 5.41) is 14.7. The van der Waals surface area contributed by atoms with Crippen molar-refractivity contribution in [3.05, 3.63) is 64.5 Å². The quantitative estimate of drug-likeness (QED) is 0.438. The van der Waals surface area contributed by atoms with E-state index in [1.165, 1.54) is 24.2 Å². The fraction of sp³-hybridized carbons (Fsp3) is 0.217. The molecule has 4 aromatic rings. The number of aryl methyl sites for hydroxylation is 1. The van der Waals surface area contributed by atoms with Crippen LogP contribution in [0.25, 0.3) is 21.1 Å². The number of thiazole rings is 1. The van der Waals surface area contributed by atoms with Crippen molar-refractivity contribution in [2.24, 2.45) is 0 Å². The van der Waals surface area contributed by atoms with Gasteiger partial charge in [-0.05, 0) is 55.5 Å². The van der Waals surface area contributed by atoms with E-state index in [1.807, 2.05) is 60.8 Å². The third-order valence-electron chi connectivity index (χ3n) is 5.23. The molecule has 0 spiro atoms. The molecule has 1 aliphatic rings. The monoisotopic (exact) mass is 447 g/mol. The summed E-state index contributed by atoms with van der Waals surface area (Å²) in [4.78, 5) is 21.4. The molecule has 0 unspecified atom stereocenters. The van der Waals surface area contributed by atoms with Crippen molar-refractivity contribution in [2.75, 3.05) is 23.3 Å². The Labute approximate surface area is 188 Å². The number of hydrogen-bond donors (Lipinski definition) is 1. The molecule has 31 heavy (non-hydrogen) atoms. The van der Waals surface area contributed by atoms with Crippen molar-refractivity contribution in [1.29, 1.82) is 0 Å². The Morgan fingerprint density at radius 1 is 1.06 bits per heavy atom. The first-order chi connectivity index (χ1) is 15.2. The fourth-order valence-corrected chi connectivity index (χ4v) is 5.41. The number of carbonyl (C=O) groups is 1. The molecule has 1 amide bonds. The first-order valence-corrected chi connectivity index (χ1v) is 11.9. The predicted octanol–water partition coefficient (Wildman–Crippen LogP) is 5.49. The van der Waals surface area contributed by atoms with Crippen LogP contribution >= 0.6 is 22.7 Å². The van der Waals surface area contributed by atoms with Crippen LogP contribution in [0.4, 0.5) is 11.5 Å². The number of nitrogens with one attached hydrogen (secondary N) is 1. The number of carbonyl (C=O) groups excluding carboxylic acids is 1. The Morgan fingerprint density at radius 3 is 2.68 bits per heavy atom. The summed E-state index contributed by atoms with van der Waals surface area (Å²) in [6.07, 6.45) is 2.42. The second kappa shape index (κ2) is 8.56. The van der Waals surface area contributed by atoms with E-state index in [-0.39, 0.29) is 5.91 Å². The van der Waals surface area contributed by atoms with E-state index in [0.717, 1.165) is 51.4 Å². The smallest absolute Gasteiger partial charge is 0.267 e. The summed E-state index contributed by atoms with van der Waals surface area (Å²) in [6, 6.07) is 15.7. The molecule has 0 saturated carbocycles. The highest BCUT2D eigenvalue weighted by Gasteiger charge is 2.18. The Kier molecular flexibility index (Phi) is 5.48. The molecular formula is C23H21N5OS2. The molecule has 0 aliphatic carbocycles. The number of aromatic nitrogens is 3. The molecule has 156 valence electrons. The number of anilines is 2. The van der Waals surface area contributed by atoms with Crippen molar-refractivity contribution in [3.8, 4) is 21.1 Å². The highest BCUT2D eigenvalue weighted by atomic mass is 32.1. The Bertz CT molecular complexity index is 1200. The Hall–Kier alpha value is -3.10. The average molecular weight is 448 g/mol. The summed E-state index contributed by atoms with van der Waals surface area (Å²) in [5.74, 6) is 0.776. The van der Waals surface area contributed by atoms with Gasteiger partial charge < -0.3 is 10.2 Å². The lowest BCUT2D eigenvalue weighted by Crippen LogP contribution is -2.19. The van der Waals surface area contributed by atoms with E-state index < -0.39 is 0 Å². The minimum Gasteiger partial charge on any atom is -0.355 e. The van der Waals surface area contributed by atoms with Crippen LogP contribution in [-0.4, -0.2) is 34.2 Å². The van der Waals surface area contributed by atoms with Gasteiger partial charge in [-0.1, -0.05) is 18.2 Å². The van der Waals surface area contributed by atoms with Gasteiger partial charge in [0.2, 0.25) is 0 Å². The average Bonchev–Trinajstić information content (AvgIpc) is 3.56. The third-order valence-corrected chi connectivity index (χ3v) is 7.43. The van der Waals surface area contributed by atoms with Crippen LogP contribution in [-0.2, 0) is 0 Å². The van der Waals surface area contributed by atoms with Gasteiger partial charge in [0.1, 0.15) is 9.88 Å². The van der Waals surface area contributed by atoms with Gasteiger partial charge >= 0.3 is 0 Å². The summed E-state index contributed by atoms with van der Waals surface area (Å²) >= 11 is 3.04. The minimum atomic E-state index is -0.148. The zero-order chi connectivity index (χ0) is 21.2. The molecule has 0 radical (unpaired) electrons. The molecule has 5 rings (SSSR count). The molecule has 1 N–H and O–H groups in total. The van der Waals surface area contributed by atoms with Crippen LogP contribution in [0.3, 0.4) is 0 Å². The summed E-state index contributed by atoms with van der Waals surface area (Å²) < 4.78 is 0. The third kappa shape index (κ3) is 4.22. The molecule has 6 nitrogen and oxygen atoms in total. The van der Waals surface area contributed by atoms with Crippen LogP contribution in [0.2, 0.25) is 0 Å². The maximum atomic E-state index is 12.9. The van der Waals surface area contributed by atoms with Gasteiger partial charge in [0.15, 0.2) is 5.82 Å². The first-order valence-electron chi connectivity index (χ1n) is 10.2. The summed E-state index contributed by atoms with van der Waals surface area (Å²) in [6.45, 7) is 3.96. The molecule has 3 aromatic heterocycles. The number of benzene rings is 1. The maximum absolute atomic E-state index is 12.9. The maximum Gasteiger partial charge on any atom is 0.267 e. The highest BCUT2D eigenvalue weighted by Crippen LogP contribution is 2.31. The lowest BCUT2D eigenvalue weighted by atomic mass is 10.1. The molecule has 1 saturated heterocycles. The molecular weight excluding hydrogens is 426 g/mol. The number of thiophene rings is 1. The number of nitrogens with zero attached hydrogens (tertiary/aromatic N) is 4. The van der Waals surface area contributed by atoms with Crippen LogP contribution in [0.1, 0.15) is 28.2 Å². The lowest BCUT2D eigenvalue weighted by molar-refractivity contribution is 0.103. The molecule has 1 aliphatic heterocycles. The second-order valence-corrected chi connectivity index (χ2v) is 9.36. The Morgan fingerprint density at radius 2 is 1.94 bits per heavy atom. The molecule has 1 fully saturated rings. The zero-order valence-electron chi connectivity index (χ0n) is 17.0. The van der Waals surface area contributed by atoms with Gasteiger partial charge in [0.25, 0.3) is 5.91 Å². The van der Waals surface area contributed by atoms with E-state index in [2.05, 4.69) is 25.4 Å². The van der Waals surface area contributed by atoms with Crippen molar-refractivity contribution < 1.29 is 4.79 Å². The van der Waals surface area contributed by atoms with Crippen LogP contribution in [0, 0.1) is 6.92 Å². The van der Waals surface area contributed by atoms with Crippen molar-refractivity contribution >= 4 is 40.1 Å². The number of rotatable bonds is 5. The van der Waals surface area contributed by atoms with Gasteiger partial charge in [0.05, 0.1) is 16.3 Å². The number of hydrogen-bond acceptors (Lipinski definition) is 7. The van der Waals surface area contributed by atoms with Crippen molar-refractivity contribution in [3.63, 3.8) is 0 Å². The van der Waals surface area contributed by atoms with Gasteiger partial charge in [0, 0.05) is 24.3 Å². The van der Waals surface area contributed by atoms with Crippen molar-refractivity contribution in [1.82, 2.24) is 15.2 Å². The summed E-state index contributed by atoms with van der Waals surface area (Å²) in [7, 11) is 0.